The summed E-state index contributed by atoms with van der Waals surface area (Å²) >= 11 is 0. The average molecular weight is 313 g/mol. The van der Waals surface area contributed by atoms with E-state index in [1.54, 1.807) is 0 Å². The van der Waals surface area contributed by atoms with Crippen LogP contribution in [0.25, 0.3) is 0 Å². The van der Waals surface area contributed by atoms with Gasteiger partial charge in [0.05, 0.1) is 0 Å². The Morgan fingerprint density at radius 2 is 2.04 bits per heavy atom. The van der Waals surface area contributed by atoms with Gasteiger partial charge in [-0.15, -0.1) is 0 Å². The maximum atomic E-state index is 11.5. The summed E-state index contributed by atoms with van der Waals surface area (Å²) in [6.45, 7) is 1.03. The average Bonchev–Trinajstić information content (AvgIpc) is 2.76. The second kappa shape index (κ2) is 5.91. The van der Waals surface area contributed by atoms with E-state index in [-0.39, 0.29) is 5.91 Å². The molecule has 0 aliphatic carbocycles. The number of benzene rings is 1. The second-order valence-corrected chi connectivity index (χ2v) is 7.66. The van der Waals surface area contributed by atoms with E-state index in [1.807, 2.05) is 12.1 Å². The molecule has 2 saturated heterocycles. The quantitative estimate of drug-likeness (QED) is 0.900. The minimum atomic E-state index is -0.325. The van der Waals surface area contributed by atoms with Gasteiger partial charge >= 0.3 is 0 Å². The van der Waals surface area contributed by atoms with Gasteiger partial charge in [-0.05, 0) is 81.3 Å². The van der Waals surface area contributed by atoms with Crippen LogP contribution >= 0.6 is 0 Å². The standard InChI is InChI=1S/C19H27N3O/c1-22-15-4-5-16(22)9-12(8-15)10-18-17-11-14(19(20)23)3-2-13(17)6-7-21-18/h2-3,11-12,15-16,18,21H,4-10H2,1H3,(H2,20,23). The first-order valence-electron chi connectivity index (χ1n) is 8.99. The zero-order valence-electron chi connectivity index (χ0n) is 13.9. The van der Waals surface area contributed by atoms with Gasteiger partial charge in [0.1, 0.15) is 0 Å². The molecule has 1 aromatic rings. The lowest BCUT2D eigenvalue weighted by Gasteiger charge is -2.39. The maximum Gasteiger partial charge on any atom is 0.248 e. The molecule has 2 fully saturated rings. The molecule has 4 rings (SSSR count). The number of amides is 1. The highest BCUT2D eigenvalue weighted by molar-refractivity contribution is 5.93. The molecule has 124 valence electrons. The molecule has 23 heavy (non-hydrogen) atoms. The lowest BCUT2D eigenvalue weighted by molar-refractivity contribution is 0.1000. The van der Waals surface area contributed by atoms with E-state index in [0.717, 1.165) is 31.0 Å². The van der Waals surface area contributed by atoms with Gasteiger partial charge in [-0.25, -0.2) is 0 Å². The first-order chi connectivity index (χ1) is 11.1. The molecule has 4 nitrogen and oxygen atoms in total. The van der Waals surface area contributed by atoms with Gasteiger partial charge in [0.15, 0.2) is 0 Å². The number of piperidine rings is 1. The molecule has 3 aliphatic heterocycles. The van der Waals surface area contributed by atoms with Crippen LogP contribution in [0.2, 0.25) is 0 Å². The fourth-order valence-electron chi connectivity index (χ4n) is 5.05. The lowest BCUT2D eigenvalue weighted by Crippen LogP contribution is -2.41. The summed E-state index contributed by atoms with van der Waals surface area (Å²) in [6, 6.07) is 7.96. The topological polar surface area (TPSA) is 58.4 Å². The molecule has 4 heteroatoms. The molecule has 1 aromatic carbocycles. The number of carbonyl (C=O) groups is 1. The third-order valence-corrected chi connectivity index (χ3v) is 6.36. The Hall–Kier alpha value is -1.39. The van der Waals surface area contributed by atoms with Crippen molar-refractivity contribution in [3.05, 3.63) is 34.9 Å². The number of primary amides is 1. The van der Waals surface area contributed by atoms with Gasteiger partial charge in [-0.3, -0.25) is 4.79 Å². The van der Waals surface area contributed by atoms with Gasteiger partial charge in [0, 0.05) is 23.7 Å². The van der Waals surface area contributed by atoms with Crippen molar-refractivity contribution in [1.82, 2.24) is 10.2 Å². The molecule has 3 heterocycles. The summed E-state index contributed by atoms with van der Waals surface area (Å²) in [6.07, 6.45) is 7.64. The second-order valence-electron chi connectivity index (χ2n) is 7.66. The highest BCUT2D eigenvalue weighted by atomic mass is 16.1. The molecule has 2 bridgehead atoms. The van der Waals surface area contributed by atoms with Crippen LogP contribution in [-0.2, 0) is 6.42 Å². The molecule has 1 amide bonds. The number of nitrogens with zero attached hydrogens (tertiary/aromatic N) is 1. The first-order valence-corrected chi connectivity index (χ1v) is 8.99. The van der Waals surface area contributed by atoms with E-state index in [9.17, 15) is 4.79 Å². The number of fused-ring (bicyclic) bond motifs is 3. The molecule has 0 radical (unpaired) electrons. The van der Waals surface area contributed by atoms with Gasteiger partial charge in [-0.2, -0.15) is 0 Å². The molecule has 0 saturated carbocycles. The molecule has 0 aromatic heterocycles. The summed E-state index contributed by atoms with van der Waals surface area (Å²) in [7, 11) is 2.30. The summed E-state index contributed by atoms with van der Waals surface area (Å²) in [5.74, 6) is 0.471. The van der Waals surface area contributed by atoms with Gasteiger partial charge < -0.3 is 16.0 Å². The molecule has 3 unspecified atom stereocenters. The zero-order valence-corrected chi connectivity index (χ0v) is 13.9. The van der Waals surface area contributed by atoms with E-state index in [1.165, 1.54) is 43.2 Å². The van der Waals surface area contributed by atoms with E-state index in [2.05, 4.69) is 23.3 Å². The smallest absolute Gasteiger partial charge is 0.248 e. The van der Waals surface area contributed by atoms with Crippen molar-refractivity contribution in [3.63, 3.8) is 0 Å². The van der Waals surface area contributed by atoms with Crippen molar-refractivity contribution in [2.24, 2.45) is 11.7 Å². The molecule has 3 N–H and O–H groups in total. The van der Waals surface area contributed by atoms with Crippen LogP contribution in [0.5, 0.6) is 0 Å². The van der Waals surface area contributed by atoms with Gasteiger partial charge in [0.2, 0.25) is 5.91 Å². The fourth-order valence-corrected chi connectivity index (χ4v) is 5.05. The molecular weight excluding hydrogens is 286 g/mol. The number of hydrogen-bond donors (Lipinski definition) is 2. The molecule has 3 aliphatic rings. The van der Waals surface area contributed by atoms with Crippen LogP contribution in [0.3, 0.4) is 0 Å². The Bertz CT molecular complexity index is 601. The Morgan fingerprint density at radius 1 is 1.30 bits per heavy atom. The van der Waals surface area contributed by atoms with Crippen LogP contribution < -0.4 is 11.1 Å². The Balaban J connectivity index is 1.53. The van der Waals surface area contributed by atoms with Crippen molar-refractivity contribution in [2.75, 3.05) is 13.6 Å². The number of carbonyl (C=O) groups excluding carboxylic acids is 1. The summed E-state index contributed by atoms with van der Waals surface area (Å²) < 4.78 is 0. The molecule has 3 atom stereocenters. The zero-order chi connectivity index (χ0) is 16.0. The van der Waals surface area contributed by atoms with Crippen molar-refractivity contribution in [1.29, 1.82) is 0 Å². The molecule has 0 spiro atoms. The minimum absolute atomic E-state index is 0.325. The van der Waals surface area contributed by atoms with Crippen LogP contribution in [0.4, 0.5) is 0 Å². The van der Waals surface area contributed by atoms with Gasteiger partial charge in [0.25, 0.3) is 0 Å². The number of hydrogen-bond acceptors (Lipinski definition) is 3. The lowest BCUT2D eigenvalue weighted by atomic mass is 9.81. The summed E-state index contributed by atoms with van der Waals surface area (Å²) in [4.78, 5) is 14.1. The number of nitrogens with one attached hydrogen (secondary N) is 1. The Morgan fingerprint density at radius 3 is 2.74 bits per heavy atom. The van der Waals surface area contributed by atoms with Crippen LogP contribution in [0, 0.1) is 5.92 Å². The van der Waals surface area contributed by atoms with E-state index >= 15 is 0 Å². The predicted octanol–water partition coefficient (Wildman–Crippen LogP) is 2.24. The highest BCUT2D eigenvalue weighted by Crippen LogP contribution is 2.41. The summed E-state index contributed by atoms with van der Waals surface area (Å²) in [5, 5.41) is 3.68. The Labute approximate surface area is 138 Å². The van der Waals surface area contributed by atoms with E-state index in [4.69, 9.17) is 5.73 Å². The SMILES string of the molecule is CN1C2CCC1CC(CC1NCCc3ccc(C(N)=O)cc31)C2. The van der Waals surface area contributed by atoms with Crippen LogP contribution in [-0.4, -0.2) is 36.5 Å². The van der Waals surface area contributed by atoms with Gasteiger partial charge in [-0.1, -0.05) is 6.07 Å². The Kier molecular flexibility index (Phi) is 3.90. The highest BCUT2D eigenvalue weighted by Gasteiger charge is 2.39. The third kappa shape index (κ3) is 2.79. The number of nitrogens with two attached hydrogens (primary N) is 1. The van der Waals surface area contributed by atoms with Crippen molar-refractivity contribution in [2.45, 2.75) is 56.7 Å². The normalized spacial score (nSPS) is 33.4. The van der Waals surface area contributed by atoms with Crippen molar-refractivity contribution >= 4 is 5.91 Å². The van der Waals surface area contributed by atoms with Crippen molar-refractivity contribution < 1.29 is 4.79 Å². The first kappa shape index (κ1) is 15.2. The van der Waals surface area contributed by atoms with E-state index in [0.29, 0.717) is 11.6 Å². The third-order valence-electron chi connectivity index (χ3n) is 6.36. The predicted molar refractivity (Wildman–Crippen MR) is 91.3 cm³/mol. The summed E-state index contributed by atoms with van der Waals surface area (Å²) in [5.41, 5.74) is 8.80. The maximum absolute atomic E-state index is 11.5. The fraction of sp³-hybridized carbons (Fsp3) is 0.632. The van der Waals surface area contributed by atoms with Crippen LogP contribution in [0.15, 0.2) is 18.2 Å². The largest absolute Gasteiger partial charge is 0.366 e. The van der Waals surface area contributed by atoms with Crippen LogP contribution in [0.1, 0.15) is 59.6 Å². The molecular formula is C19H27N3O. The number of rotatable bonds is 3. The minimum Gasteiger partial charge on any atom is -0.366 e. The van der Waals surface area contributed by atoms with Crippen molar-refractivity contribution in [3.8, 4) is 0 Å². The monoisotopic (exact) mass is 313 g/mol. The van der Waals surface area contributed by atoms with E-state index < -0.39 is 0 Å².